The fourth-order valence-electron chi connectivity index (χ4n) is 1.90. The first-order valence-corrected chi connectivity index (χ1v) is 6.97. The zero-order chi connectivity index (χ0) is 15.4. The first-order valence-electron chi connectivity index (χ1n) is 6.21. The van der Waals surface area contributed by atoms with Gasteiger partial charge in [-0.25, -0.2) is 0 Å². The van der Waals surface area contributed by atoms with E-state index in [0.29, 0.717) is 22.7 Å². The highest BCUT2D eigenvalue weighted by Crippen LogP contribution is 2.26. The molecule has 2 aromatic carbocycles. The molecule has 0 fully saturated rings. The molecule has 106 valence electrons. The van der Waals surface area contributed by atoms with Crippen molar-refractivity contribution in [3.05, 3.63) is 69.2 Å². The highest BCUT2D eigenvalue weighted by Gasteiger charge is 2.16. The van der Waals surface area contributed by atoms with Crippen molar-refractivity contribution in [1.82, 2.24) is 4.90 Å². The number of amides is 1. The number of carbonyl (C=O) groups is 1. The SMILES string of the molecule is CN(Cc1ccc(C#N)cc1)C(=O)c1cccc(Cl)c1Cl. The molecule has 21 heavy (non-hydrogen) atoms. The Morgan fingerprint density at radius 3 is 2.48 bits per heavy atom. The molecule has 0 aliphatic carbocycles. The van der Waals surface area contributed by atoms with Gasteiger partial charge in [-0.1, -0.05) is 41.4 Å². The van der Waals surface area contributed by atoms with Gasteiger partial charge in [0.05, 0.1) is 27.2 Å². The largest absolute Gasteiger partial charge is 0.337 e. The molecular formula is C16H12Cl2N2O. The number of carbonyl (C=O) groups excluding carboxylic acids is 1. The van der Waals surface area contributed by atoms with Crippen molar-refractivity contribution in [2.45, 2.75) is 6.54 Å². The molecule has 0 unspecified atom stereocenters. The van der Waals surface area contributed by atoms with Crippen LogP contribution in [0.5, 0.6) is 0 Å². The molecule has 0 N–H and O–H groups in total. The van der Waals surface area contributed by atoms with E-state index in [2.05, 4.69) is 6.07 Å². The molecule has 0 aliphatic heterocycles. The van der Waals surface area contributed by atoms with E-state index in [1.54, 1.807) is 42.3 Å². The van der Waals surface area contributed by atoms with Gasteiger partial charge in [-0.3, -0.25) is 4.79 Å². The predicted octanol–water partition coefficient (Wildman–Crippen LogP) is 4.14. The zero-order valence-electron chi connectivity index (χ0n) is 11.3. The minimum atomic E-state index is -0.202. The van der Waals surface area contributed by atoms with Crippen LogP contribution in [-0.4, -0.2) is 17.9 Å². The van der Waals surface area contributed by atoms with Crippen LogP contribution in [0, 0.1) is 11.3 Å². The number of rotatable bonds is 3. The fraction of sp³-hybridized carbons (Fsp3) is 0.125. The molecule has 0 bridgehead atoms. The summed E-state index contributed by atoms with van der Waals surface area (Å²) in [5, 5.41) is 9.38. The first kappa shape index (κ1) is 15.4. The van der Waals surface area contributed by atoms with Crippen molar-refractivity contribution in [3.8, 4) is 6.07 Å². The molecule has 5 heteroatoms. The number of hydrogen-bond acceptors (Lipinski definition) is 2. The lowest BCUT2D eigenvalue weighted by molar-refractivity contribution is 0.0785. The molecule has 0 aliphatic rings. The summed E-state index contributed by atoms with van der Waals surface area (Å²) in [4.78, 5) is 13.9. The number of nitriles is 1. The Bertz CT molecular complexity index is 705. The van der Waals surface area contributed by atoms with Gasteiger partial charge in [0.1, 0.15) is 0 Å². The summed E-state index contributed by atoms with van der Waals surface area (Å²) in [7, 11) is 1.69. The predicted molar refractivity (Wildman–Crippen MR) is 83.4 cm³/mol. The van der Waals surface area contributed by atoms with Crippen LogP contribution < -0.4 is 0 Å². The van der Waals surface area contributed by atoms with Gasteiger partial charge in [-0.05, 0) is 29.8 Å². The lowest BCUT2D eigenvalue weighted by Crippen LogP contribution is -2.26. The van der Waals surface area contributed by atoms with Gasteiger partial charge >= 0.3 is 0 Å². The standard InChI is InChI=1S/C16H12Cl2N2O/c1-20(10-12-7-5-11(9-19)6-8-12)16(21)13-3-2-4-14(17)15(13)18/h2-8H,10H2,1H3. The van der Waals surface area contributed by atoms with Crippen molar-refractivity contribution in [2.24, 2.45) is 0 Å². The van der Waals surface area contributed by atoms with Crippen LogP contribution in [0.1, 0.15) is 21.5 Å². The minimum absolute atomic E-state index is 0.202. The third-order valence-corrected chi connectivity index (χ3v) is 3.85. The average Bonchev–Trinajstić information content (AvgIpc) is 2.50. The molecule has 0 atom stereocenters. The van der Waals surface area contributed by atoms with E-state index in [4.69, 9.17) is 28.5 Å². The monoisotopic (exact) mass is 318 g/mol. The Kier molecular flexibility index (Phi) is 4.85. The molecule has 0 radical (unpaired) electrons. The topological polar surface area (TPSA) is 44.1 Å². The molecule has 0 heterocycles. The summed E-state index contributed by atoms with van der Waals surface area (Å²) in [6.45, 7) is 0.424. The zero-order valence-corrected chi connectivity index (χ0v) is 12.8. The van der Waals surface area contributed by atoms with E-state index in [0.717, 1.165) is 5.56 Å². The first-order chi connectivity index (χ1) is 10.0. The van der Waals surface area contributed by atoms with Gasteiger partial charge in [0.25, 0.3) is 5.91 Å². The second kappa shape index (κ2) is 6.62. The van der Waals surface area contributed by atoms with Crippen LogP contribution in [0.3, 0.4) is 0 Å². The summed E-state index contributed by atoms with van der Waals surface area (Å²) in [5.74, 6) is -0.202. The van der Waals surface area contributed by atoms with Crippen LogP contribution in [0.25, 0.3) is 0 Å². The summed E-state index contributed by atoms with van der Waals surface area (Å²) in [6, 6.07) is 14.1. The van der Waals surface area contributed by atoms with Gasteiger partial charge in [-0.2, -0.15) is 5.26 Å². The lowest BCUT2D eigenvalue weighted by atomic mass is 10.1. The molecule has 0 aromatic heterocycles. The molecule has 3 nitrogen and oxygen atoms in total. The van der Waals surface area contributed by atoms with Crippen LogP contribution in [0.15, 0.2) is 42.5 Å². The van der Waals surface area contributed by atoms with Crippen molar-refractivity contribution >= 4 is 29.1 Å². The van der Waals surface area contributed by atoms with E-state index in [-0.39, 0.29) is 10.9 Å². The van der Waals surface area contributed by atoms with Crippen LogP contribution in [0.2, 0.25) is 10.0 Å². The third kappa shape index (κ3) is 3.55. The molecule has 2 rings (SSSR count). The quantitative estimate of drug-likeness (QED) is 0.853. The summed E-state index contributed by atoms with van der Waals surface area (Å²) >= 11 is 12.0. The number of nitrogens with zero attached hydrogens (tertiary/aromatic N) is 2. The maximum atomic E-state index is 12.4. The number of hydrogen-bond donors (Lipinski definition) is 0. The molecule has 0 saturated heterocycles. The minimum Gasteiger partial charge on any atom is -0.337 e. The van der Waals surface area contributed by atoms with Crippen molar-refractivity contribution in [1.29, 1.82) is 5.26 Å². The second-order valence-corrected chi connectivity index (χ2v) is 5.36. The average molecular weight is 319 g/mol. The highest BCUT2D eigenvalue weighted by molar-refractivity contribution is 6.43. The summed E-state index contributed by atoms with van der Waals surface area (Å²) in [5.41, 5.74) is 1.90. The number of benzene rings is 2. The van der Waals surface area contributed by atoms with E-state index in [9.17, 15) is 4.79 Å². The van der Waals surface area contributed by atoms with Gasteiger partial charge in [-0.15, -0.1) is 0 Å². The van der Waals surface area contributed by atoms with Crippen LogP contribution in [0.4, 0.5) is 0 Å². The van der Waals surface area contributed by atoms with Crippen LogP contribution >= 0.6 is 23.2 Å². The lowest BCUT2D eigenvalue weighted by Gasteiger charge is -2.18. The Labute approximate surface area is 133 Å². The number of halogens is 2. The normalized spacial score (nSPS) is 10.0. The third-order valence-electron chi connectivity index (χ3n) is 3.03. The fourth-order valence-corrected chi connectivity index (χ4v) is 2.29. The van der Waals surface area contributed by atoms with Crippen molar-refractivity contribution < 1.29 is 4.79 Å². The molecule has 2 aromatic rings. The maximum absolute atomic E-state index is 12.4. The summed E-state index contributed by atoms with van der Waals surface area (Å²) in [6.07, 6.45) is 0. The van der Waals surface area contributed by atoms with E-state index < -0.39 is 0 Å². The second-order valence-electron chi connectivity index (χ2n) is 4.57. The van der Waals surface area contributed by atoms with Gasteiger partial charge < -0.3 is 4.90 Å². The van der Waals surface area contributed by atoms with Crippen molar-refractivity contribution in [2.75, 3.05) is 7.05 Å². The van der Waals surface area contributed by atoms with Gasteiger partial charge in [0, 0.05) is 13.6 Å². The van der Waals surface area contributed by atoms with Gasteiger partial charge in [0.15, 0.2) is 0 Å². The van der Waals surface area contributed by atoms with Crippen LogP contribution in [-0.2, 0) is 6.54 Å². The maximum Gasteiger partial charge on any atom is 0.255 e. The molecule has 0 saturated carbocycles. The van der Waals surface area contributed by atoms with E-state index >= 15 is 0 Å². The smallest absolute Gasteiger partial charge is 0.255 e. The molecular weight excluding hydrogens is 307 g/mol. The van der Waals surface area contributed by atoms with E-state index in [1.807, 2.05) is 12.1 Å². The Morgan fingerprint density at radius 2 is 1.86 bits per heavy atom. The Balaban J connectivity index is 2.15. The Morgan fingerprint density at radius 1 is 1.19 bits per heavy atom. The molecule has 1 amide bonds. The highest BCUT2D eigenvalue weighted by atomic mass is 35.5. The van der Waals surface area contributed by atoms with Crippen molar-refractivity contribution in [3.63, 3.8) is 0 Å². The van der Waals surface area contributed by atoms with Gasteiger partial charge in [0.2, 0.25) is 0 Å². The molecule has 0 spiro atoms. The van der Waals surface area contributed by atoms with E-state index in [1.165, 1.54) is 0 Å². The Hall–Kier alpha value is -2.02. The summed E-state index contributed by atoms with van der Waals surface area (Å²) < 4.78 is 0.